The molecule has 1 aliphatic rings. The summed E-state index contributed by atoms with van der Waals surface area (Å²) in [7, 11) is 0. The molecule has 3 N–H and O–H groups in total. The van der Waals surface area contributed by atoms with Crippen LogP contribution in [0, 0.1) is 11.7 Å². The van der Waals surface area contributed by atoms with Crippen molar-refractivity contribution in [3.05, 3.63) is 60.0 Å². The van der Waals surface area contributed by atoms with E-state index < -0.39 is 6.04 Å². The second-order valence-electron chi connectivity index (χ2n) is 6.46. The monoisotopic (exact) mass is 356 g/mol. The van der Waals surface area contributed by atoms with E-state index >= 15 is 0 Å². The van der Waals surface area contributed by atoms with Gasteiger partial charge in [-0.2, -0.15) is 0 Å². The zero-order valence-corrected chi connectivity index (χ0v) is 14.3. The molecule has 6 nitrogen and oxygen atoms in total. The number of hydrogen-bond donors (Lipinski definition) is 2. The molecule has 26 heavy (non-hydrogen) atoms. The van der Waals surface area contributed by atoms with Gasteiger partial charge in [0.2, 0.25) is 11.8 Å². The van der Waals surface area contributed by atoms with Crippen molar-refractivity contribution in [3.8, 4) is 0 Å². The number of anilines is 1. The van der Waals surface area contributed by atoms with Gasteiger partial charge in [0, 0.05) is 31.7 Å². The van der Waals surface area contributed by atoms with E-state index in [0.29, 0.717) is 30.9 Å². The molecule has 0 spiro atoms. The van der Waals surface area contributed by atoms with Crippen LogP contribution < -0.4 is 11.1 Å². The topological polar surface area (TPSA) is 88.3 Å². The van der Waals surface area contributed by atoms with Gasteiger partial charge in [0.1, 0.15) is 11.6 Å². The van der Waals surface area contributed by atoms with Crippen molar-refractivity contribution in [2.75, 3.05) is 18.4 Å². The lowest BCUT2D eigenvalue weighted by Crippen LogP contribution is -2.55. The van der Waals surface area contributed by atoms with E-state index in [1.54, 1.807) is 47.5 Å². The number of rotatable bonds is 6. The summed E-state index contributed by atoms with van der Waals surface area (Å²) in [5, 5.41) is 2.73. The minimum Gasteiger partial charge on any atom is -0.341 e. The molecule has 3 rings (SSSR count). The smallest absolute Gasteiger partial charge is 0.232 e. The summed E-state index contributed by atoms with van der Waals surface area (Å²) in [5.74, 6) is -0.331. The normalized spacial score (nSPS) is 15.2. The fourth-order valence-corrected chi connectivity index (χ4v) is 2.88. The third kappa shape index (κ3) is 4.43. The van der Waals surface area contributed by atoms with Gasteiger partial charge in [-0.25, -0.2) is 9.37 Å². The van der Waals surface area contributed by atoms with E-state index in [-0.39, 0.29) is 30.0 Å². The molecule has 1 saturated heterocycles. The van der Waals surface area contributed by atoms with E-state index in [2.05, 4.69) is 10.3 Å². The van der Waals surface area contributed by atoms with Crippen molar-refractivity contribution >= 4 is 17.6 Å². The van der Waals surface area contributed by atoms with Crippen LogP contribution in [0.25, 0.3) is 0 Å². The maximum Gasteiger partial charge on any atom is 0.232 e. The Balaban J connectivity index is 1.43. The van der Waals surface area contributed by atoms with Crippen LogP contribution in [0.4, 0.5) is 10.2 Å². The molecule has 0 aliphatic carbocycles. The van der Waals surface area contributed by atoms with E-state index in [9.17, 15) is 14.0 Å². The van der Waals surface area contributed by atoms with E-state index in [1.807, 2.05) is 0 Å². The maximum absolute atomic E-state index is 13.6. The van der Waals surface area contributed by atoms with Gasteiger partial charge in [0.15, 0.2) is 0 Å². The van der Waals surface area contributed by atoms with Crippen LogP contribution in [-0.4, -0.2) is 40.8 Å². The standard InChI is InChI=1S/C19H21FN4O2/c20-16-6-2-1-5-13(16)9-15(21)10-18(25)24-11-14(12-24)19(26)23-17-7-3-4-8-22-17/h1-8,14-15H,9-12,21H2,(H,22,23,26)/t15-/m1/s1. The third-order valence-corrected chi connectivity index (χ3v) is 4.40. The highest BCUT2D eigenvalue weighted by molar-refractivity contribution is 5.94. The van der Waals surface area contributed by atoms with Crippen molar-refractivity contribution in [1.29, 1.82) is 0 Å². The molecule has 1 aliphatic heterocycles. The van der Waals surface area contributed by atoms with Crippen LogP contribution in [0.2, 0.25) is 0 Å². The van der Waals surface area contributed by atoms with Crippen molar-refractivity contribution < 1.29 is 14.0 Å². The first kappa shape index (κ1) is 18.0. The molecule has 0 unspecified atom stereocenters. The van der Waals surface area contributed by atoms with Gasteiger partial charge in [0.05, 0.1) is 5.92 Å². The fourth-order valence-electron chi connectivity index (χ4n) is 2.88. The molecule has 1 aromatic carbocycles. The minimum absolute atomic E-state index is 0.115. The Labute approximate surface area is 151 Å². The number of nitrogens with two attached hydrogens (primary N) is 1. The van der Waals surface area contributed by atoms with Crippen molar-refractivity contribution in [1.82, 2.24) is 9.88 Å². The quantitative estimate of drug-likeness (QED) is 0.822. The van der Waals surface area contributed by atoms with Gasteiger partial charge >= 0.3 is 0 Å². The number of benzene rings is 1. The highest BCUT2D eigenvalue weighted by Crippen LogP contribution is 2.19. The molecule has 0 bridgehead atoms. The minimum atomic E-state index is -0.458. The van der Waals surface area contributed by atoms with Gasteiger partial charge in [0.25, 0.3) is 0 Å². The summed E-state index contributed by atoms with van der Waals surface area (Å²) >= 11 is 0. The number of nitrogens with one attached hydrogen (secondary N) is 1. The number of hydrogen-bond acceptors (Lipinski definition) is 4. The second kappa shape index (κ2) is 8.05. The molecule has 136 valence electrons. The molecular formula is C19H21FN4O2. The summed E-state index contributed by atoms with van der Waals surface area (Å²) in [4.78, 5) is 30.0. The average Bonchev–Trinajstić information content (AvgIpc) is 2.56. The number of amides is 2. The van der Waals surface area contributed by atoms with Gasteiger partial charge in [-0.15, -0.1) is 0 Å². The molecule has 2 aromatic rings. The highest BCUT2D eigenvalue weighted by atomic mass is 19.1. The molecule has 1 aromatic heterocycles. The van der Waals surface area contributed by atoms with Crippen molar-refractivity contribution in [2.45, 2.75) is 18.9 Å². The molecule has 0 radical (unpaired) electrons. The number of halogens is 1. The molecular weight excluding hydrogens is 335 g/mol. The number of carbonyl (C=O) groups is 2. The molecule has 7 heteroatoms. The Kier molecular flexibility index (Phi) is 5.58. The Hall–Kier alpha value is -2.80. The average molecular weight is 356 g/mol. The van der Waals surface area contributed by atoms with Crippen molar-refractivity contribution in [3.63, 3.8) is 0 Å². The first-order chi connectivity index (χ1) is 12.5. The van der Waals surface area contributed by atoms with Crippen LogP contribution in [0.5, 0.6) is 0 Å². The summed E-state index contributed by atoms with van der Waals surface area (Å²) in [6.07, 6.45) is 2.03. The molecule has 1 fully saturated rings. The van der Waals surface area contributed by atoms with Crippen LogP contribution >= 0.6 is 0 Å². The Bertz CT molecular complexity index is 778. The zero-order valence-electron chi connectivity index (χ0n) is 14.3. The molecule has 2 amide bonds. The number of likely N-dealkylation sites (tertiary alicyclic amines) is 1. The lowest BCUT2D eigenvalue weighted by atomic mass is 9.97. The Morgan fingerprint density at radius 2 is 1.96 bits per heavy atom. The van der Waals surface area contributed by atoms with E-state index in [4.69, 9.17) is 5.73 Å². The van der Waals surface area contributed by atoms with Gasteiger partial charge in [-0.1, -0.05) is 24.3 Å². The predicted molar refractivity (Wildman–Crippen MR) is 95.6 cm³/mol. The molecule has 0 saturated carbocycles. The SMILES string of the molecule is N[C@@H](CC(=O)N1CC(C(=O)Nc2ccccn2)C1)Cc1ccccc1F. The van der Waals surface area contributed by atoms with Gasteiger partial charge in [-0.05, 0) is 30.2 Å². The van der Waals surface area contributed by atoms with E-state index in [0.717, 1.165) is 0 Å². The highest BCUT2D eigenvalue weighted by Gasteiger charge is 2.36. The summed E-state index contributed by atoms with van der Waals surface area (Å²) in [5.41, 5.74) is 6.49. The van der Waals surface area contributed by atoms with Gasteiger partial charge in [-0.3, -0.25) is 9.59 Å². The van der Waals surface area contributed by atoms with Crippen molar-refractivity contribution in [2.24, 2.45) is 11.7 Å². The lowest BCUT2D eigenvalue weighted by Gasteiger charge is -2.38. The van der Waals surface area contributed by atoms with Crippen LogP contribution in [-0.2, 0) is 16.0 Å². The first-order valence-electron chi connectivity index (χ1n) is 8.51. The van der Waals surface area contributed by atoms with Gasteiger partial charge < -0.3 is 16.0 Å². The van der Waals surface area contributed by atoms with E-state index in [1.165, 1.54) is 6.07 Å². The predicted octanol–water partition coefficient (Wildman–Crippen LogP) is 1.58. The number of nitrogens with zero attached hydrogens (tertiary/aromatic N) is 2. The zero-order chi connectivity index (χ0) is 18.5. The second-order valence-corrected chi connectivity index (χ2v) is 6.46. The Morgan fingerprint density at radius 3 is 2.65 bits per heavy atom. The largest absolute Gasteiger partial charge is 0.341 e. The van der Waals surface area contributed by atoms with Crippen LogP contribution in [0.15, 0.2) is 48.7 Å². The number of pyridine rings is 1. The summed E-state index contributed by atoms with van der Waals surface area (Å²) in [6, 6.07) is 11.2. The lowest BCUT2D eigenvalue weighted by molar-refractivity contribution is -0.141. The van der Waals surface area contributed by atoms with Crippen LogP contribution in [0.1, 0.15) is 12.0 Å². The number of aromatic nitrogens is 1. The summed E-state index contributed by atoms with van der Waals surface area (Å²) in [6.45, 7) is 0.730. The molecule has 2 heterocycles. The maximum atomic E-state index is 13.6. The first-order valence-corrected chi connectivity index (χ1v) is 8.51. The third-order valence-electron chi connectivity index (χ3n) is 4.40. The Morgan fingerprint density at radius 1 is 1.23 bits per heavy atom. The number of carbonyl (C=O) groups excluding carboxylic acids is 2. The fraction of sp³-hybridized carbons (Fsp3) is 0.316. The summed E-state index contributed by atoms with van der Waals surface area (Å²) < 4.78 is 13.6. The molecule has 1 atom stereocenters. The van der Waals surface area contributed by atoms with Crippen LogP contribution in [0.3, 0.4) is 0 Å².